The van der Waals surface area contributed by atoms with Crippen LogP contribution >= 0.6 is 0 Å². The van der Waals surface area contributed by atoms with Gasteiger partial charge in [0.05, 0.1) is 13.7 Å². The molecule has 25 heavy (non-hydrogen) atoms. The maximum atomic E-state index is 12.5. The van der Waals surface area contributed by atoms with Gasteiger partial charge in [0.25, 0.3) is 0 Å². The molecule has 1 aliphatic rings. The Kier molecular flexibility index (Phi) is 5.39. The van der Waals surface area contributed by atoms with Crippen molar-refractivity contribution in [2.45, 2.75) is 32.7 Å². The van der Waals surface area contributed by atoms with Crippen molar-refractivity contribution in [1.29, 1.82) is 0 Å². The largest absolute Gasteiger partial charge is 0.497 e. The second-order valence-corrected chi connectivity index (χ2v) is 6.83. The highest BCUT2D eigenvalue weighted by atomic mass is 16.5. The molecule has 1 saturated heterocycles. The lowest BCUT2D eigenvalue weighted by Crippen LogP contribution is -2.33. The molecule has 1 aliphatic heterocycles. The van der Waals surface area contributed by atoms with Gasteiger partial charge in [-0.2, -0.15) is 0 Å². The third kappa shape index (κ3) is 4.40. The fourth-order valence-electron chi connectivity index (χ4n) is 3.65. The van der Waals surface area contributed by atoms with Crippen molar-refractivity contribution in [1.82, 2.24) is 4.90 Å². The number of anilines is 1. The van der Waals surface area contributed by atoms with Gasteiger partial charge < -0.3 is 10.1 Å². The van der Waals surface area contributed by atoms with Crippen LogP contribution in [0.5, 0.6) is 5.75 Å². The summed E-state index contributed by atoms with van der Waals surface area (Å²) in [5.41, 5.74) is 4.44. The van der Waals surface area contributed by atoms with E-state index in [1.54, 1.807) is 7.11 Å². The van der Waals surface area contributed by atoms with Gasteiger partial charge in [0.1, 0.15) is 5.75 Å². The van der Waals surface area contributed by atoms with E-state index in [0.717, 1.165) is 42.0 Å². The van der Waals surface area contributed by atoms with E-state index < -0.39 is 0 Å². The summed E-state index contributed by atoms with van der Waals surface area (Å²) in [4.78, 5) is 14.8. The SMILES string of the molecule is COc1ccc(C2CCCN2CC(=O)Nc2cc(C)cc(C)c2)cc1. The van der Waals surface area contributed by atoms with E-state index in [0.29, 0.717) is 12.6 Å². The Hall–Kier alpha value is -2.33. The molecular formula is C21H26N2O2. The van der Waals surface area contributed by atoms with Gasteiger partial charge in [0.15, 0.2) is 0 Å². The highest BCUT2D eigenvalue weighted by Crippen LogP contribution is 2.32. The van der Waals surface area contributed by atoms with E-state index in [1.165, 1.54) is 5.56 Å². The van der Waals surface area contributed by atoms with Gasteiger partial charge in [0.2, 0.25) is 5.91 Å². The number of benzene rings is 2. The molecule has 2 aromatic rings. The number of likely N-dealkylation sites (tertiary alicyclic amines) is 1. The van der Waals surface area contributed by atoms with Crippen LogP contribution in [0.1, 0.15) is 35.6 Å². The summed E-state index contributed by atoms with van der Waals surface area (Å²) in [6.45, 7) is 5.46. The van der Waals surface area contributed by atoms with Crippen LogP contribution in [0.4, 0.5) is 5.69 Å². The molecule has 4 nitrogen and oxygen atoms in total. The van der Waals surface area contributed by atoms with E-state index >= 15 is 0 Å². The summed E-state index contributed by atoms with van der Waals surface area (Å²) < 4.78 is 5.23. The summed E-state index contributed by atoms with van der Waals surface area (Å²) in [5.74, 6) is 0.909. The quantitative estimate of drug-likeness (QED) is 0.893. The van der Waals surface area contributed by atoms with Gasteiger partial charge in [-0.25, -0.2) is 0 Å². The van der Waals surface area contributed by atoms with Gasteiger partial charge >= 0.3 is 0 Å². The molecule has 2 aromatic carbocycles. The number of carbonyl (C=O) groups excluding carboxylic acids is 1. The Balaban J connectivity index is 1.65. The van der Waals surface area contributed by atoms with Gasteiger partial charge in [-0.1, -0.05) is 18.2 Å². The lowest BCUT2D eigenvalue weighted by Gasteiger charge is -2.24. The number of nitrogens with one attached hydrogen (secondary N) is 1. The molecular weight excluding hydrogens is 312 g/mol. The minimum Gasteiger partial charge on any atom is -0.497 e. The van der Waals surface area contributed by atoms with Crippen LogP contribution in [0.3, 0.4) is 0 Å². The molecule has 1 N–H and O–H groups in total. The predicted molar refractivity (Wildman–Crippen MR) is 101 cm³/mol. The number of amides is 1. The molecule has 0 radical (unpaired) electrons. The summed E-state index contributed by atoms with van der Waals surface area (Å²) in [5, 5.41) is 3.04. The van der Waals surface area contributed by atoms with Crippen LogP contribution < -0.4 is 10.1 Å². The minimum atomic E-state index is 0.0467. The maximum absolute atomic E-state index is 12.5. The second-order valence-electron chi connectivity index (χ2n) is 6.83. The first kappa shape index (κ1) is 17.5. The molecule has 0 aliphatic carbocycles. The van der Waals surface area contributed by atoms with Crippen molar-refractivity contribution in [2.75, 3.05) is 25.5 Å². The second kappa shape index (κ2) is 7.70. The van der Waals surface area contributed by atoms with Crippen LogP contribution in [0.25, 0.3) is 0 Å². The summed E-state index contributed by atoms with van der Waals surface area (Å²) in [6, 6.07) is 14.6. The Morgan fingerprint density at radius 3 is 2.48 bits per heavy atom. The van der Waals surface area contributed by atoms with Crippen molar-refractivity contribution >= 4 is 11.6 Å². The highest BCUT2D eigenvalue weighted by Gasteiger charge is 2.27. The zero-order valence-corrected chi connectivity index (χ0v) is 15.2. The smallest absolute Gasteiger partial charge is 0.238 e. The van der Waals surface area contributed by atoms with Crippen LogP contribution in [-0.4, -0.2) is 31.0 Å². The fourth-order valence-corrected chi connectivity index (χ4v) is 3.65. The number of hydrogen-bond acceptors (Lipinski definition) is 3. The van der Waals surface area contributed by atoms with Crippen LogP contribution in [0.2, 0.25) is 0 Å². The Bertz CT molecular complexity index is 720. The number of nitrogens with zero attached hydrogens (tertiary/aromatic N) is 1. The number of carbonyl (C=O) groups is 1. The summed E-state index contributed by atoms with van der Waals surface area (Å²) >= 11 is 0. The fraction of sp³-hybridized carbons (Fsp3) is 0.381. The molecule has 1 fully saturated rings. The first-order chi connectivity index (χ1) is 12.0. The van der Waals surface area contributed by atoms with E-state index in [-0.39, 0.29) is 5.91 Å². The van der Waals surface area contributed by atoms with Gasteiger partial charge in [0, 0.05) is 11.7 Å². The number of hydrogen-bond donors (Lipinski definition) is 1. The first-order valence-electron chi connectivity index (χ1n) is 8.81. The van der Waals surface area contributed by atoms with E-state index in [4.69, 9.17) is 4.74 Å². The summed E-state index contributed by atoms with van der Waals surface area (Å²) in [6.07, 6.45) is 2.21. The third-order valence-corrected chi connectivity index (χ3v) is 4.72. The highest BCUT2D eigenvalue weighted by molar-refractivity contribution is 5.92. The molecule has 1 unspecified atom stereocenters. The molecule has 1 amide bonds. The number of ether oxygens (including phenoxy) is 1. The van der Waals surface area contributed by atoms with Crippen molar-refractivity contribution in [3.63, 3.8) is 0 Å². The van der Waals surface area contributed by atoms with Crippen LogP contribution in [0.15, 0.2) is 42.5 Å². The number of aryl methyl sites for hydroxylation is 2. The molecule has 0 spiro atoms. The van der Waals surface area contributed by atoms with Crippen molar-refractivity contribution in [3.8, 4) is 5.75 Å². The Morgan fingerprint density at radius 2 is 1.84 bits per heavy atom. The lowest BCUT2D eigenvalue weighted by molar-refractivity contribution is -0.117. The normalized spacial score (nSPS) is 17.5. The van der Waals surface area contributed by atoms with E-state index in [1.807, 2.05) is 38.1 Å². The van der Waals surface area contributed by atoms with Crippen LogP contribution in [0, 0.1) is 13.8 Å². The average Bonchev–Trinajstić information content (AvgIpc) is 3.01. The summed E-state index contributed by atoms with van der Waals surface area (Å²) in [7, 11) is 1.67. The van der Waals surface area contributed by atoms with Gasteiger partial charge in [-0.05, 0) is 74.2 Å². The van der Waals surface area contributed by atoms with E-state index in [2.05, 4.69) is 28.4 Å². The number of rotatable bonds is 5. The first-order valence-corrected chi connectivity index (χ1v) is 8.81. The minimum absolute atomic E-state index is 0.0467. The van der Waals surface area contributed by atoms with Crippen molar-refractivity contribution in [3.05, 3.63) is 59.2 Å². The zero-order chi connectivity index (χ0) is 17.8. The van der Waals surface area contributed by atoms with E-state index in [9.17, 15) is 4.79 Å². The molecule has 1 heterocycles. The van der Waals surface area contributed by atoms with Crippen LogP contribution in [-0.2, 0) is 4.79 Å². The molecule has 0 saturated carbocycles. The van der Waals surface area contributed by atoms with Gasteiger partial charge in [-0.15, -0.1) is 0 Å². The predicted octanol–water partition coefficient (Wildman–Crippen LogP) is 4.09. The number of methoxy groups -OCH3 is 1. The maximum Gasteiger partial charge on any atom is 0.238 e. The average molecular weight is 338 g/mol. The molecule has 132 valence electrons. The molecule has 4 heteroatoms. The molecule has 0 aromatic heterocycles. The third-order valence-electron chi connectivity index (χ3n) is 4.72. The Labute approximate surface area is 149 Å². The molecule has 3 rings (SSSR count). The van der Waals surface area contributed by atoms with Crippen molar-refractivity contribution < 1.29 is 9.53 Å². The zero-order valence-electron chi connectivity index (χ0n) is 15.2. The molecule has 1 atom stereocenters. The molecule has 0 bridgehead atoms. The topological polar surface area (TPSA) is 41.6 Å². The monoisotopic (exact) mass is 338 g/mol. The van der Waals surface area contributed by atoms with Gasteiger partial charge in [-0.3, -0.25) is 9.69 Å². The Morgan fingerprint density at radius 1 is 1.16 bits per heavy atom. The standard InChI is InChI=1S/C21H26N2O2/c1-15-11-16(2)13-18(12-15)22-21(24)14-23-10-4-5-20(23)17-6-8-19(25-3)9-7-17/h6-9,11-13,20H,4-5,10,14H2,1-3H3,(H,22,24). The lowest BCUT2D eigenvalue weighted by atomic mass is 10.0. The van der Waals surface area contributed by atoms with Crippen molar-refractivity contribution in [2.24, 2.45) is 0 Å².